The maximum absolute atomic E-state index is 8.89. The van der Waals surface area contributed by atoms with Gasteiger partial charge in [-0.15, -0.1) is 10.2 Å². The molecule has 0 aliphatic rings. The summed E-state index contributed by atoms with van der Waals surface area (Å²) in [6.45, 7) is 3.96. The molecule has 2 N–H and O–H groups in total. The lowest BCUT2D eigenvalue weighted by Crippen LogP contribution is -2.28. The van der Waals surface area contributed by atoms with Crippen molar-refractivity contribution in [2.45, 2.75) is 26.3 Å². The second kappa shape index (κ2) is 7.32. The van der Waals surface area contributed by atoms with Crippen LogP contribution in [0.5, 0.6) is 0 Å². The van der Waals surface area contributed by atoms with Crippen LogP contribution in [0.15, 0.2) is 4.42 Å². The molecule has 1 heterocycles. The van der Waals surface area contributed by atoms with Gasteiger partial charge in [0.05, 0.1) is 13.2 Å². The Bertz CT molecular complexity index is 291. The van der Waals surface area contributed by atoms with Crippen molar-refractivity contribution in [2.75, 3.05) is 26.3 Å². The molecule has 6 nitrogen and oxygen atoms in total. The number of aliphatic hydroxyl groups is 2. The van der Waals surface area contributed by atoms with Crippen LogP contribution in [0.25, 0.3) is 0 Å². The molecule has 0 aromatic carbocycles. The summed E-state index contributed by atoms with van der Waals surface area (Å²) >= 11 is 0. The Kier molecular flexibility index (Phi) is 5.99. The first kappa shape index (κ1) is 13.1. The van der Waals surface area contributed by atoms with Crippen molar-refractivity contribution in [1.82, 2.24) is 15.1 Å². The summed E-state index contributed by atoms with van der Waals surface area (Å²) < 4.78 is 5.38. The van der Waals surface area contributed by atoms with Crippen molar-refractivity contribution in [3.8, 4) is 0 Å². The largest absolute Gasteiger partial charge is 0.424 e. The summed E-state index contributed by atoms with van der Waals surface area (Å²) in [6, 6.07) is 0. The van der Waals surface area contributed by atoms with E-state index in [9.17, 15) is 0 Å². The molecule has 0 saturated carbocycles. The zero-order valence-corrected chi connectivity index (χ0v) is 9.59. The minimum atomic E-state index is 0.0835. The highest BCUT2D eigenvalue weighted by Gasteiger charge is 2.10. The first-order valence-corrected chi connectivity index (χ1v) is 5.55. The van der Waals surface area contributed by atoms with E-state index in [0.717, 1.165) is 6.42 Å². The van der Waals surface area contributed by atoms with Gasteiger partial charge in [-0.3, -0.25) is 4.90 Å². The molecule has 6 heteroatoms. The molecule has 0 spiro atoms. The number of aryl methyl sites for hydroxylation is 1. The fourth-order valence-electron chi connectivity index (χ4n) is 1.39. The van der Waals surface area contributed by atoms with Crippen molar-refractivity contribution in [1.29, 1.82) is 0 Å². The van der Waals surface area contributed by atoms with E-state index < -0.39 is 0 Å². The van der Waals surface area contributed by atoms with Gasteiger partial charge in [-0.25, -0.2) is 0 Å². The maximum atomic E-state index is 8.89. The Morgan fingerprint density at radius 1 is 1.12 bits per heavy atom. The molecule has 1 aromatic rings. The monoisotopic (exact) mass is 229 g/mol. The fourth-order valence-corrected chi connectivity index (χ4v) is 1.39. The average Bonchev–Trinajstić information content (AvgIpc) is 2.74. The van der Waals surface area contributed by atoms with Gasteiger partial charge >= 0.3 is 0 Å². The van der Waals surface area contributed by atoms with Crippen LogP contribution in [0.2, 0.25) is 0 Å². The van der Waals surface area contributed by atoms with Gasteiger partial charge in [0.1, 0.15) is 0 Å². The highest BCUT2D eigenvalue weighted by molar-refractivity contribution is 4.81. The third-order valence-corrected chi connectivity index (χ3v) is 2.22. The van der Waals surface area contributed by atoms with Gasteiger partial charge in [-0.1, -0.05) is 6.92 Å². The smallest absolute Gasteiger partial charge is 0.230 e. The van der Waals surface area contributed by atoms with Crippen LogP contribution in [0.1, 0.15) is 25.1 Å². The van der Waals surface area contributed by atoms with E-state index in [1.165, 1.54) is 0 Å². The molecule has 0 saturated heterocycles. The van der Waals surface area contributed by atoms with Gasteiger partial charge in [-0.05, 0) is 6.42 Å². The van der Waals surface area contributed by atoms with Crippen LogP contribution in [0.3, 0.4) is 0 Å². The molecule has 92 valence electrons. The zero-order valence-electron chi connectivity index (χ0n) is 9.59. The minimum absolute atomic E-state index is 0.0835. The minimum Gasteiger partial charge on any atom is -0.424 e. The van der Waals surface area contributed by atoms with E-state index in [0.29, 0.717) is 37.8 Å². The average molecular weight is 229 g/mol. The van der Waals surface area contributed by atoms with Crippen molar-refractivity contribution >= 4 is 0 Å². The van der Waals surface area contributed by atoms with Gasteiger partial charge in [-0.2, -0.15) is 0 Å². The summed E-state index contributed by atoms with van der Waals surface area (Å²) in [6.07, 6.45) is 1.40. The fraction of sp³-hybridized carbons (Fsp3) is 0.800. The summed E-state index contributed by atoms with van der Waals surface area (Å²) in [5, 5.41) is 25.4. The standard InChI is InChI=1S/C10H19N3O3/c1-2-9-11-12-10(16-9)8-13(5-7-15)4-3-6-14/h14-15H,2-8H2,1H3. The van der Waals surface area contributed by atoms with Crippen LogP contribution in [-0.4, -0.2) is 51.6 Å². The third-order valence-electron chi connectivity index (χ3n) is 2.22. The first-order valence-electron chi connectivity index (χ1n) is 5.55. The van der Waals surface area contributed by atoms with Crippen LogP contribution >= 0.6 is 0 Å². The van der Waals surface area contributed by atoms with E-state index in [1.807, 2.05) is 11.8 Å². The Morgan fingerprint density at radius 2 is 1.88 bits per heavy atom. The predicted molar refractivity (Wildman–Crippen MR) is 57.7 cm³/mol. The summed E-state index contributed by atoms with van der Waals surface area (Å²) in [5.41, 5.74) is 0. The van der Waals surface area contributed by atoms with Gasteiger partial charge in [0.15, 0.2) is 0 Å². The second-order valence-corrected chi connectivity index (χ2v) is 3.52. The van der Waals surface area contributed by atoms with Gasteiger partial charge in [0, 0.05) is 26.1 Å². The van der Waals surface area contributed by atoms with Gasteiger partial charge in [0.25, 0.3) is 0 Å². The van der Waals surface area contributed by atoms with Gasteiger partial charge < -0.3 is 14.6 Å². The normalized spacial score (nSPS) is 11.2. The molecule has 1 aromatic heterocycles. The van der Waals surface area contributed by atoms with Crippen molar-refractivity contribution < 1.29 is 14.6 Å². The molecule has 0 aliphatic heterocycles. The zero-order chi connectivity index (χ0) is 11.8. The van der Waals surface area contributed by atoms with Crippen LogP contribution in [0.4, 0.5) is 0 Å². The van der Waals surface area contributed by atoms with Crippen molar-refractivity contribution in [3.63, 3.8) is 0 Å². The molecule has 0 amide bonds. The first-order chi connectivity index (χ1) is 7.80. The van der Waals surface area contributed by atoms with E-state index in [4.69, 9.17) is 14.6 Å². The lowest BCUT2D eigenvalue weighted by molar-refractivity contribution is 0.163. The molecular weight excluding hydrogens is 210 g/mol. The molecule has 0 fully saturated rings. The SMILES string of the molecule is CCc1nnc(CN(CCO)CCCO)o1. The van der Waals surface area contributed by atoms with E-state index >= 15 is 0 Å². The maximum Gasteiger partial charge on any atom is 0.230 e. The summed E-state index contributed by atoms with van der Waals surface area (Å²) in [5.74, 6) is 1.18. The number of rotatable bonds is 8. The predicted octanol–water partition coefficient (Wildman–Crippen LogP) is -0.191. The van der Waals surface area contributed by atoms with Gasteiger partial charge in [0.2, 0.25) is 11.8 Å². The van der Waals surface area contributed by atoms with Crippen molar-refractivity contribution in [2.24, 2.45) is 0 Å². The molecule has 1 rings (SSSR count). The lowest BCUT2D eigenvalue weighted by atomic mass is 10.4. The topological polar surface area (TPSA) is 82.6 Å². The number of aliphatic hydroxyl groups excluding tert-OH is 2. The molecule has 0 bridgehead atoms. The quantitative estimate of drug-likeness (QED) is 0.643. The number of aromatic nitrogens is 2. The number of hydrogen-bond acceptors (Lipinski definition) is 6. The molecule has 0 atom stereocenters. The summed E-state index contributed by atoms with van der Waals surface area (Å²) in [7, 11) is 0. The van der Waals surface area contributed by atoms with Crippen LogP contribution in [-0.2, 0) is 13.0 Å². The van der Waals surface area contributed by atoms with Crippen LogP contribution < -0.4 is 0 Å². The Balaban J connectivity index is 2.46. The molecular formula is C10H19N3O3. The molecule has 16 heavy (non-hydrogen) atoms. The Morgan fingerprint density at radius 3 is 2.44 bits per heavy atom. The Hall–Kier alpha value is -0.980. The van der Waals surface area contributed by atoms with Crippen LogP contribution in [0, 0.1) is 0 Å². The highest BCUT2D eigenvalue weighted by Crippen LogP contribution is 2.05. The van der Waals surface area contributed by atoms with E-state index in [2.05, 4.69) is 10.2 Å². The van der Waals surface area contributed by atoms with E-state index in [-0.39, 0.29) is 13.2 Å². The van der Waals surface area contributed by atoms with E-state index in [1.54, 1.807) is 0 Å². The molecule has 0 unspecified atom stereocenters. The van der Waals surface area contributed by atoms with Crippen molar-refractivity contribution in [3.05, 3.63) is 11.8 Å². The molecule has 0 aliphatic carbocycles. The highest BCUT2D eigenvalue weighted by atomic mass is 16.4. The lowest BCUT2D eigenvalue weighted by Gasteiger charge is -2.18. The summed E-state index contributed by atoms with van der Waals surface area (Å²) in [4.78, 5) is 1.98. The number of hydrogen-bond donors (Lipinski definition) is 2. The number of nitrogens with zero attached hydrogens (tertiary/aromatic N) is 3. The third kappa shape index (κ3) is 4.26. The molecule has 0 radical (unpaired) electrons. The second-order valence-electron chi connectivity index (χ2n) is 3.52. The Labute approximate surface area is 94.9 Å².